The number of anilines is 1. The van der Waals surface area contributed by atoms with E-state index in [0.717, 1.165) is 0 Å². The number of aromatic amines is 1. The Balaban J connectivity index is 1.87. The fraction of sp³-hybridized carbons (Fsp3) is 0.0833. The number of aromatic nitrogens is 2. The van der Waals surface area contributed by atoms with Crippen LogP contribution in [0.2, 0.25) is 0 Å². The summed E-state index contributed by atoms with van der Waals surface area (Å²) < 4.78 is 0.682. The third-order valence-corrected chi connectivity index (χ3v) is 2.99. The molecular formula is C12H11BrN4O2. The van der Waals surface area contributed by atoms with Crippen LogP contribution in [0, 0.1) is 0 Å². The van der Waals surface area contributed by atoms with Crippen molar-refractivity contribution in [3.63, 3.8) is 0 Å². The minimum Gasteiger partial charge on any atom is -0.343 e. The molecule has 0 bridgehead atoms. The van der Waals surface area contributed by atoms with E-state index in [4.69, 9.17) is 0 Å². The minimum atomic E-state index is -0.329. The molecule has 0 spiro atoms. The van der Waals surface area contributed by atoms with Gasteiger partial charge in [-0.25, -0.2) is 0 Å². The third kappa shape index (κ3) is 3.65. The maximum atomic E-state index is 11.8. The molecule has 1 aromatic carbocycles. The zero-order valence-corrected chi connectivity index (χ0v) is 11.4. The number of benzene rings is 1. The molecule has 98 valence electrons. The van der Waals surface area contributed by atoms with E-state index < -0.39 is 0 Å². The maximum absolute atomic E-state index is 11.8. The summed E-state index contributed by atoms with van der Waals surface area (Å²) in [4.78, 5) is 23.4. The lowest BCUT2D eigenvalue weighted by atomic mass is 10.2. The molecule has 7 heteroatoms. The number of H-pyrrole nitrogens is 1. The lowest BCUT2D eigenvalue weighted by Crippen LogP contribution is -2.33. The largest absolute Gasteiger partial charge is 0.343 e. The first-order chi connectivity index (χ1) is 9.16. The molecule has 0 saturated carbocycles. The van der Waals surface area contributed by atoms with Crippen molar-refractivity contribution in [2.75, 3.05) is 11.9 Å². The molecule has 2 amide bonds. The van der Waals surface area contributed by atoms with Crippen LogP contribution in [-0.4, -0.2) is 28.6 Å². The van der Waals surface area contributed by atoms with Crippen molar-refractivity contribution in [3.05, 3.63) is 46.6 Å². The van der Waals surface area contributed by atoms with Crippen LogP contribution in [0.15, 0.2) is 41.0 Å². The number of carbonyl (C=O) groups is 2. The van der Waals surface area contributed by atoms with E-state index >= 15 is 0 Å². The van der Waals surface area contributed by atoms with Crippen LogP contribution in [-0.2, 0) is 4.79 Å². The van der Waals surface area contributed by atoms with Crippen LogP contribution < -0.4 is 10.6 Å². The van der Waals surface area contributed by atoms with Gasteiger partial charge in [-0.05, 0) is 28.1 Å². The van der Waals surface area contributed by atoms with Gasteiger partial charge in [-0.1, -0.05) is 12.1 Å². The fourth-order valence-electron chi connectivity index (χ4n) is 1.42. The highest BCUT2D eigenvalue weighted by molar-refractivity contribution is 9.10. The molecule has 0 radical (unpaired) electrons. The second-order valence-electron chi connectivity index (χ2n) is 3.68. The zero-order valence-electron chi connectivity index (χ0n) is 9.81. The predicted molar refractivity (Wildman–Crippen MR) is 73.7 cm³/mol. The van der Waals surface area contributed by atoms with Gasteiger partial charge in [0.25, 0.3) is 5.91 Å². The molecule has 2 rings (SSSR count). The van der Waals surface area contributed by atoms with Crippen LogP contribution in [0.25, 0.3) is 0 Å². The van der Waals surface area contributed by atoms with Gasteiger partial charge in [-0.2, -0.15) is 5.10 Å². The van der Waals surface area contributed by atoms with Crippen molar-refractivity contribution >= 4 is 33.6 Å². The molecule has 1 heterocycles. The van der Waals surface area contributed by atoms with Crippen molar-refractivity contribution in [1.82, 2.24) is 15.5 Å². The van der Waals surface area contributed by atoms with Gasteiger partial charge in [0.05, 0.1) is 18.3 Å². The number of amides is 2. The normalized spacial score (nSPS) is 9.95. The Labute approximate surface area is 117 Å². The molecule has 6 nitrogen and oxygen atoms in total. The zero-order chi connectivity index (χ0) is 13.7. The Morgan fingerprint density at radius 1 is 1.26 bits per heavy atom. The van der Waals surface area contributed by atoms with Crippen molar-refractivity contribution in [2.24, 2.45) is 0 Å². The van der Waals surface area contributed by atoms with Gasteiger partial charge < -0.3 is 10.6 Å². The van der Waals surface area contributed by atoms with Gasteiger partial charge >= 0.3 is 0 Å². The molecule has 0 aliphatic heterocycles. The first-order valence-electron chi connectivity index (χ1n) is 5.49. The SMILES string of the molecule is O=C(CNC(=O)c1ccccc1Br)Nc1ccn[nH]1. The highest BCUT2D eigenvalue weighted by Gasteiger charge is 2.10. The lowest BCUT2D eigenvalue weighted by molar-refractivity contribution is -0.115. The summed E-state index contributed by atoms with van der Waals surface area (Å²) >= 11 is 3.28. The molecule has 0 atom stereocenters. The van der Waals surface area contributed by atoms with Crippen LogP contribution in [0.4, 0.5) is 5.82 Å². The molecule has 19 heavy (non-hydrogen) atoms. The van der Waals surface area contributed by atoms with Crippen molar-refractivity contribution in [2.45, 2.75) is 0 Å². The quantitative estimate of drug-likeness (QED) is 0.798. The molecule has 2 aromatic rings. The predicted octanol–water partition coefficient (Wildman–Crippen LogP) is 1.54. The van der Waals surface area contributed by atoms with E-state index in [1.165, 1.54) is 6.20 Å². The molecule has 0 fully saturated rings. The van der Waals surface area contributed by atoms with E-state index in [2.05, 4.69) is 36.8 Å². The Morgan fingerprint density at radius 3 is 2.74 bits per heavy atom. The average Bonchev–Trinajstić information content (AvgIpc) is 2.89. The standard InChI is InChI=1S/C12H11BrN4O2/c13-9-4-2-1-3-8(9)12(19)14-7-11(18)16-10-5-6-15-17-10/h1-6H,7H2,(H,14,19)(H2,15,16,17,18). The van der Waals surface area contributed by atoms with E-state index in [-0.39, 0.29) is 18.4 Å². The molecule has 1 aromatic heterocycles. The number of rotatable bonds is 4. The Morgan fingerprint density at radius 2 is 2.05 bits per heavy atom. The number of hydrogen-bond donors (Lipinski definition) is 3. The number of nitrogens with one attached hydrogen (secondary N) is 3. The van der Waals surface area contributed by atoms with Crippen LogP contribution in [0.5, 0.6) is 0 Å². The Kier molecular flexibility index (Phi) is 4.30. The highest BCUT2D eigenvalue weighted by Crippen LogP contribution is 2.15. The van der Waals surface area contributed by atoms with E-state index in [1.54, 1.807) is 24.3 Å². The molecule has 0 aliphatic carbocycles. The van der Waals surface area contributed by atoms with Crippen molar-refractivity contribution < 1.29 is 9.59 Å². The summed E-state index contributed by atoms with van der Waals surface area (Å²) in [6.45, 7) is -0.112. The van der Waals surface area contributed by atoms with E-state index in [9.17, 15) is 9.59 Å². The van der Waals surface area contributed by atoms with Gasteiger partial charge in [0, 0.05) is 10.5 Å². The van der Waals surface area contributed by atoms with Crippen molar-refractivity contribution in [3.8, 4) is 0 Å². The second kappa shape index (κ2) is 6.14. The van der Waals surface area contributed by atoms with Gasteiger partial charge in [0.2, 0.25) is 5.91 Å². The highest BCUT2D eigenvalue weighted by atomic mass is 79.9. The van der Waals surface area contributed by atoms with Crippen LogP contribution >= 0.6 is 15.9 Å². The monoisotopic (exact) mass is 322 g/mol. The topological polar surface area (TPSA) is 86.9 Å². The van der Waals surface area contributed by atoms with E-state index in [1.807, 2.05) is 6.07 Å². The average molecular weight is 323 g/mol. The molecule has 0 saturated heterocycles. The maximum Gasteiger partial charge on any atom is 0.252 e. The van der Waals surface area contributed by atoms with Gasteiger partial charge in [-0.3, -0.25) is 14.7 Å². The molecule has 3 N–H and O–H groups in total. The minimum absolute atomic E-state index is 0.112. The molecule has 0 aliphatic rings. The summed E-state index contributed by atoms with van der Waals surface area (Å²) in [7, 11) is 0. The number of nitrogens with zero attached hydrogens (tertiary/aromatic N) is 1. The van der Waals surface area contributed by atoms with Gasteiger partial charge in [0.1, 0.15) is 5.82 Å². The molecule has 0 unspecified atom stereocenters. The summed E-state index contributed by atoms with van der Waals surface area (Å²) in [5.74, 6) is -0.156. The van der Waals surface area contributed by atoms with Gasteiger partial charge in [0.15, 0.2) is 0 Å². The van der Waals surface area contributed by atoms with Crippen LogP contribution in [0.1, 0.15) is 10.4 Å². The van der Waals surface area contributed by atoms with Crippen LogP contribution in [0.3, 0.4) is 0 Å². The summed E-state index contributed by atoms with van der Waals surface area (Å²) in [5.41, 5.74) is 0.483. The lowest BCUT2D eigenvalue weighted by Gasteiger charge is -2.06. The second-order valence-corrected chi connectivity index (χ2v) is 4.54. The summed E-state index contributed by atoms with van der Waals surface area (Å²) in [5, 5.41) is 11.4. The fourth-order valence-corrected chi connectivity index (χ4v) is 1.89. The van der Waals surface area contributed by atoms with Gasteiger partial charge in [-0.15, -0.1) is 0 Å². The number of halogens is 1. The number of hydrogen-bond acceptors (Lipinski definition) is 3. The summed E-state index contributed by atoms with van der Waals surface area (Å²) in [6, 6.07) is 8.62. The van der Waals surface area contributed by atoms with E-state index in [0.29, 0.717) is 15.9 Å². The Hall–Kier alpha value is -2.15. The molecular weight excluding hydrogens is 312 g/mol. The van der Waals surface area contributed by atoms with Crippen molar-refractivity contribution in [1.29, 1.82) is 0 Å². The third-order valence-electron chi connectivity index (χ3n) is 2.30. The first-order valence-corrected chi connectivity index (χ1v) is 6.28. The Bertz CT molecular complexity index is 583. The summed E-state index contributed by atoms with van der Waals surface area (Å²) in [6.07, 6.45) is 1.52. The smallest absolute Gasteiger partial charge is 0.252 e. The number of carbonyl (C=O) groups excluding carboxylic acids is 2. The first kappa shape index (κ1) is 13.3.